The molecular formula is C23H24ClFN2O. The molecule has 0 aliphatic carbocycles. The number of carbonyl (C=O) groups excluding carboxylic acids is 1. The van der Waals surface area contributed by atoms with E-state index in [4.69, 9.17) is 17.3 Å². The number of primary amides is 1. The molecule has 3 rings (SSSR count). The molecule has 0 saturated carbocycles. The van der Waals surface area contributed by atoms with Gasteiger partial charge in [-0.25, -0.2) is 4.39 Å². The van der Waals surface area contributed by atoms with Crippen molar-refractivity contribution in [1.29, 1.82) is 0 Å². The van der Waals surface area contributed by atoms with Crippen molar-refractivity contribution in [2.75, 3.05) is 0 Å². The number of nitrogens with zero attached hydrogens (tertiary/aromatic N) is 1. The Kier molecular flexibility index (Phi) is 6.20. The van der Waals surface area contributed by atoms with E-state index in [9.17, 15) is 9.18 Å². The fraction of sp³-hybridized carbons (Fsp3) is 0.261. The van der Waals surface area contributed by atoms with Crippen LogP contribution in [0.2, 0.25) is 5.02 Å². The van der Waals surface area contributed by atoms with E-state index in [0.29, 0.717) is 22.7 Å². The highest BCUT2D eigenvalue weighted by Gasteiger charge is 2.24. The number of aromatic nitrogens is 1. The summed E-state index contributed by atoms with van der Waals surface area (Å²) in [6.07, 6.45) is 2.74. The van der Waals surface area contributed by atoms with E-state index in [1.165, 1.54) is 12.1 Å². The zero-order valence-electron chi connectivity index (χ0n) is 16.1. The van der Waals surface area contributed by atoms with Crippen molar-refractivity contribution in [1.82, 2.24) is 4.57 Å². The Morgan fingerprint density at radius 2 is 1.93 bits per heavy atom. The monoisotopic (exact) mass is 398 g/mol. The molecule has 0 fully saturated rings. The fourth-order valence-electron chi connectivity index (χ4n) is 3.69. The second-order valence-electron chi connectivity index (χ2n) is 6.98. The summed E-state index contributed by atoms with van der Waals surface area (Å²) in [4.78, 5) is 12.3. The van der Waals surface area contributed by atoms with Gasteiger partial charge in [0.05, 0.1) is 5.56 Å². The Hall–Kier alpha value is -2.59. The molecule has 0 aliphatic rings. The van der Waals surface area contributed by atoms with Gasteiger partial charge < -0.3 is 10.3 Å². The van der Waals surface area contributed by atoms with Gasteiger partial charge >= 0.3 is 0 Å². The van der Waals surface area contributed by atoms with Crippen LogP contribution in [-0.2, 0) is 13.0 Å². The number of halogens is 2. The van der Waals surface area contributed by atoms with E-state index in [1.54, 1.807) is 6.07 Å². The predicted molar refractivity (Wildman–Crippen MR) is 112 cm³/mol. The molecule has 3 nitrogen and oxygen atoms in total. The molecule has 146 valence electrons. The SMILES string of the molecule is CCCCc1c(-c2cccc(F)c2)c(C(N)=O)c(C)n1Cc1cccc(Cl)c1. The Morgan fingerprint density at radius 1 is 1.18 bits per heavy atom. The fourth-order valence-corrected chi connectivity index (χ4v) is 3.90. The number of benzene rings is 2. The van der Waals surface area contributed by atoms with Gasteiger partial charge in [0.15, 0.2) is 0 Å². The number of carbonyl (C=O) groups is 1. The molecule has 0 bridgehead atoms. The van der Waals surface area contributed by atoms with Gasteiger partial charge in [0.1, 0.15) is 5.82 Å². The van der Waals surface area contributed by atoms with Crippen molar-refractivity contribution in [2.45, 2.75) is 39.7 Å². The minimum atomic E-state index is -0.501. The number of hydrogen-bond acceptors (Lipinski definition) is 1. The third-order valence-corrected chi connectivity index (χ3v) is 5.22. The van der Waals surface area contributed by atoms with Crippen molar-refractivity contribution in [3.8, 4) is 11.1 Å². The van der Waals surface area contributed by atoms with E-state index < -0.39 is 5.91 Å². The summed E-state index contributed by atoms with van der Waals surface area (Å²) < 4.78 is 16.0. The number of unbranched alkanes of at least 4 members (excludes halogenated alkanes) is 1. The number of hydrogen-bond donors (Lipinski definition) is 1. The van der Waals surface area contributed by atoms with E-state index >= 15 is 0 Å². The molecule has 0 radical (unpaired) electrons. The van der Waals surface area contributed by atoms with Gasteiger partial charge in [-0.2, -0.15) is 0 Å². The van der Waals surface area contributed by atoms with Crippen LogP contribution in [0.15, 0.2) is 48.5 Å². The first kappa shape index (κ1) is 20.2. The summed E-state index contributed by atoms with van der Waals surface area (Å²) in [6.45, 7) is 4.58. The van der Waals surface area contributed by atoms with Crippen molar-refractivity contribution < 1.29 is 9.18 Å². The molecule has 0 atom stereocenters. The van der Waals surface area contributed by atoms with E-state index in [2.05, 4.69) is 11.5 Å². The second kappa shape index (κ2) is 8.61. The van der Waals surface area contributed by atoms with Gasteiger partial charge in [0, 0.05) is 28.5 Å². The first-order valence-corrected chi connectivity index (χ1v) is 9.82. The first-order chi connectivity index (χ1) is 13.4. The number of amides is 1. The Balaban J connectivity index is 2.23. The lowest BCUT2D eigenvalue weighted by Crippen LogP contribution is -2.13. The highest BCUT2D eigenvalue weighted by Crippen LogP contribution is 2.34. The average molecular weight is 399 g/mol. The maximum absolute atomic E-state index is 13.9. The summed E-state index contributed by atoms with van der Waals surface area (Å²) in [6, 6.07) is 14.0. The lowest BCUT2D eigenvalue weighted by molar-refractivity contribution is 0.1000. The molecule has 2 aromatic carbocycles. The minimum absolute atomic E-state index is 0.338. The molecule has 0 saturated heterocycles. The quantitative estimate of drug-likeness (QED) is 0.541. The molecule has 0 aliphatic heterocycles. The van der Waals surface area contributed by atoms with E-state index in [-0.39, 0.29) is 5.82 Å². The summed E-state index contributed by atoms with van der Waals surface area (Å²) in [5.74, 6) is -0.839. The lowest BCUT2D eigenvalue weighted by atomic mass is 9.97. The Bertz CT molecular complexity index is 1010. The molecule has 1 amide bonds. The molecule has 28 heavy (non-hydrogen) atoms. The van der Waals surface area contributed by atoms with Crippen LogP contribution >= 0.6 is 11.6 Å². The van der Waals surface area contributed by atoms with Gasteiger partial charge in [-0.1, -0.05) is 49.2 Å². The Labute approximate surface area is 169 Å². The van der Waals surface area contributed by atoms with Crippen LogP contribution in [0.25, 0.3) is 11.1 Å². The van der Waals surface area contributed by atoms with Crippen molar-refractivity contribution in [3.05, 3.63) is 81.9 Å². The normalized spacial score (nSPS) is 11.0. The smallest absolute Gasteiger partial charge is 0.251 e. The van der Waals surface area contributed by atoms with Gasteiger partial charge in [0.25, 0.3) is 5.91 Å². The summed E-state index contributed by atoms with van der Waals surface area (Å²) in [5.41, 5.74) is 10.4. The van der Waals surface area contributed by atoms with Gasteiger partial charge in [-0.15, -0.1) is 0 Å². The van der Waals surface area contributed by atoms with Crippen LogP contribution in [0.4, 0.5) is 4.39 Å². The van der Waals surface area contributed by atoms with Crippen LogP contribution < -0.4 is 5.73 Å². The van der Waals surface area contributed by atoms with Gasteiger partial charge in [-0.3, -0.25) is 4.79 Å². The van der Waals surface area contributed by atoms with Crippen LogP contribution in [0.3, 0.4) is 0 Å². The highest BCUT2D eigenvalue weighted by molar-refractivity contribution is 6.30. The van der Waals surface area contributed by atoms with Crippen molar-refractivity contribution >= 4 is 17.5 Å². The third kappa shape index (κ3) is 4.12. The maximum atomic E-state index is 13.9. The number of nitrogens with two attached hydrogens (primary N) is 1. The first-order valence-electron chi connectivity index (χ1n) is 9.44. The van der Waals surface area contributed by atoms with Crippen molar-refractivity contribution in [2.24, 2.45) is 5.73 Å². The summed E-state index contributed by atoms with van der Waals surface area (Å²) >= 11 is 6.15. The molecule has 5 heteroatoms. The van der Waals surface area contributed by atoms with Crippen LogP contribution in [-0.4, -0.2) is 10.5 Å². The predicted octanol–water partition coefficient (Wildman–Crippen LogP) is 5.75. The zero-order chi connectivity index (χ0) is 20.3. The molecule has 0 spiro atoms. The van der Waals surface area contributed by atoms with E-state index in [1.807, 2.05) is 37.3 Å². The van der Waals surface area contributed by atoms with Gasteiger partial charge in [-0.05, 0) is 55.2 Å². The van der Waals surface area contributed by atoms with Crippen LogP contribution in [0.5, 0.6) is 0 Å². The Morgan fingerprint density at radius 3 is 2.57 bits per heavy atom. The minimum Gasteiger partial charge on any atom is -0.366 e. The summed E-state index contributed by atoms with van der Waals surface area (Å²) in [5, 5.41) is 0.665. The molecule has 1 heterocycles. The molecule has 3 aromatic rings. The standard InChI is InChI=1S/C23H24ClFN2O/c1-3-4-11-20-22(17-8-6-10-19(25)13-17)21(23(26)28)15(2)27(20)14-16-7-5-9-18(24)12-16/h5-10,12-13H,3-4,11,14H2,1-2H3,(H2,26,28). The van der Waals surface area contributed by atoms with E-state index in [0.717, 1.165) is 41.8 Å². The molecule has 0 unspecified atom stereocenters. The van der Waals surface area contributed by atoms with Crippen LogP contribution in [0, 0.1) is 12.7 Å². The maximum Gasteiger partial charge on any atom is 0.251 e. The second-order valence-corrected chi connectivity index (χ2v) is 7.41. The van der Waals surface area contributed by atoms with Crippen LogP contribution in [0.1, 0.15) is 47.1 Å². The average Bonchev–Trinajstić information content (AvgIpc) is 2.92. The number of rotatable bonds is 7. The summed E-state index contributed by atoms with van der Waals surface area (Å²) in [7, 11) is 0. The largest absolute Gasteiger partial charge is 0.366 e. The molecule has 1 aromatic heterocycles. The van der Waals surface area contributed by atoms with Gasteiger partial charge in [0.2, 0.25) is 0 Å². The van der Waals surface area contributed by atoms with Crippen molar-refractivity contribution in [3.63, 3.8) is 0 Å². The molecular weight excluding hydrogens is 375 g/mol. The molecule has 2 N–H and O–H groups in total. The zero-order valence-corrected chi connectivity index (χ0v) is 16.9. The highest BCUT2D eigenvalue weighted by atomic mass is 35.5. The third-order valence-electron chi connectivity index (χ3n) is 4.99. The lowest BCUT2D eigenvalue weighted by Gasteiger charge is -2.14. The topological polar surface area (TPSA) is 48.0 Å².